The van der Waals surface area contributed by atoms with Gasteiger partial charge in [-0.2, -0.15) is 0 Å². The molecular weight excluding hydrogens is 289 g/mol. The average molecular weight is 298 g/mol. The summed E-state index contributed by atoms with van der Waals surface area (Å²) in [6.45, 7) is 0. The number of hydrogen-bond donors (Lipinski definition) is 1. The van der Waals surface area contributed by atoms with Gasteiger partial charge in [-0.25, -0.2) is 14.2 Å². The van der Waals surface area contributed by atoms with Crippen LogP contribution in [0.15, 0.2) is 41.3 Å². The van der Waals surface area contributed by atoms with Gasteiger partial charge in [0.05, 0.1) is 10.7 Å². The molecule has 2 rings (SSSR count). The minimum Gasteiger partial charge on any atom is -0.477 e. The van der Waals surface area contributed by atoms with Crippen molar-refractivity contribution in [1.82, 2.24) is 4.98 Å². The lowest BCUT2D eigenvalue weighted by atomic mass is 10.3. The quantitative estimate of drug-likeness (QED) is 0.871. The van der Waals surface area contributed by atoms with Crippen molar-refractivity contribution >= 4 is 29.3 Å². The van der Waals surface area contributed by atoms with Gasteiger partial charge in [0.15, 0.2) is 0 Å². The van der Waals surface area contributed by atoms with E-state index in [0.29, 0.717) is 11.4 Å². The van der Waals surface area contributed by atoms with Gasteiger partial charge >= 0.3 is 5.97 Å². The van der Waals surface area contributed by atoms with Gasteiger partial charge in [-0.3, -0.25) is 0 Å². The summed E-state index contributed by atoms with van der Waals surface area (Å²) >= 11 is 7.09. The smallest absolute Gasteiger partial charge is 0.354 e. The maximum absolute atomic E-state index is 13.0. The van der Waals surface area contributed by atoms with Crippen molar-refractivity contribution in [3.05, 3.63) is 58.6 Å². The van der Waals surface area contributed by atoms with Crippen LogP contribution < -0.4 is 0 Å². The highest BCUT2D eigenvalue weighted by Gasteiger charge is 2.06. The van der Waals surface area contributed by atoms with E-state index in [4.69, 9.17) is 16.7 Å². The summed E-state index contributed by atoms with van der Waals surface area (Å²) in [5, 5.41) is 8.90. The molecular formula is C13H9ClFNO2S. The third kappa shape index (κ3) is 3.68. The van der Waals surface area contributed by atoms with Crippen molar-refractivity contribution in [2.75, 3.05) is 0 Å². The normalized spacial score (nSPS) is 10.4. The number of nitrogens with zero attached hydrogens (tertiary/aromatic N) is 1. The molecule has 19 heavy (non-hydrogen) atoms. The van der Waals surface area contributed by atoms with Gasteiger partial charge in [-0.05, 0) is 30.3 Å². The fourth-order valence-electron chi connectivity index (χ4n) is 1.40. The Labute approximate surface area is 118 Å². The molecule has 0 saturated carbocycles. The largest absolute Gasteiger partial charge is 0.477 e. The van der Waals surface area contributed by atoms with Crippen molar-refractivity contribution in [1.29, 1.82) is 0 Å². The standard InChI is InChI=1S/C13H9ClFNO2S/c14-10-6-9(4-5-11(10)15)19-7-8-2-1-3-12(16-8)13(17)18/h1-6H,7H2,(H,17,18). The van der Waals surface area contributed by atoms with Crippen LogP contribution in [0.3, 0.4) is 0 Å². The van der Waals surface area contributed by atoms with E-state index in [9.17, 15) is 9.18 Å². The molecule has 0 aliphatic heterocycles. The van der Waals surface area contributed by atoms with Gasteiger partial charge in [0.25, 0.3) is 0 Å². The molecule has 0 aliphatic rings. The van der Waals surface area contributed by atoms with Crippen molar-refractivity contribution in [3.8, 4) is 0 Å². The Morgan fingerprint density at radius 3 is 2.84 bits per heavy atom. The molecule has 0 aliphatic carbocycles. The van der Waals surface area contributed by atoms with Gasteiger partial charge < -0.3 is 5.11 Å². The topological polar surface area (TPSA) is 50.2 Å². The van der Waals surface area contributed by atoms with Crippen molar-refractivity contribution in [2.45, 2.75) is 10.6 Å². The number of aromatic nitrogens is 1. The third-order valence-electron chi connectivity index (χ3n) is 2.30. The van der Waals surface area contributed by atoms with Gasteiger partial charge in [-0.15, -0.1) is 11.8 Å². The molecule has 98 valence electrons. The lowest BCUT2D eigenvalue weighted by molar-refractivity contribution is 0.0690. The molecule has 0 bridgehead atoms. The Morgan fingerprint density at radius 1 is 1.37 bits per heavy atom. The molecule has 0 fully saturated rings. The van der Waals surface area contributed by atoms with Gasteiger partial charge in [0.2, 0.25) is 0 Å². The number of hydrogen-bond acceptors (Lipinski definition) is 3. The fraction of sp³-hybridized carbons (Fsp3) is 0.0769. The van der Waals surface area contributed by atoms with Crippen LogP contribution in [-0.4, -0.2) is 16.1 Å². The summed E-state index contributed by atoms with van der Waals surface area (Å²) in [4.78, 5) is 15.6. The van der Waals surface area contributed by atoms with Gasteiger partial charge in [0, 0.05) is 10.6 Å². The second-order valence-electron chi connectivity index (χ2n) is 3.68. The Hall–Kier alpha value is -1.59. The average Bonchev–Trinajstić information content (AvgIpc) is 2.40. The third-order valence-corrected chi connectivity index (χ3v) is 3.62. The summed E-state index contributed by atoms with van der Waals surface area (Å²) < 4.78 is 13.0. The number of carboxylic acids is 1. The Balaban J connectivity index is 2.07. The number of carboxylic acid groups (broad SMARTS) is 1. The highest BCUT2D eigenvalue weighted by Crippen LogP contribution is 2.26. The number of aromatic carboxylic acids is 1. The highest BCUT2D eigenvalue weighted by molar-refractivity contribution is 7.98. The Morgan fingerprint density at radius 2 is 2.16 bits per heavy atom. The van der Waals surface area contributed by atoms with Crippen LogP contribution in [-0.2, 0) is 5.75 Å². The zero-order chi connectivity index (χ0) is 13.8. The summed E-state index contributed by atoms with van der Waals surface area (Å²) in [5.74, 6) is -1.03. The summed E-state index contributed by atoms with van der Waals surface area (Å²) in [6, 6.07) is 9.26. The van der Waals surface area contributed by atoms with Crippen molar-refractivity contribution in [2.24, 2.45) is 0 Å². The monoisotopic (exact) mass is 297 g/mol. The second-order valence-corrected chi connectivity index (χ2v) is 5.14. The molecule has 0 spiro atoms. The minimum absolute atomic E-state index is 0.00948. The summed E-state index contributed by atoms with van der Waals surface area (Å²) in [6.07, 6.45) is 0. The number of carbonyl (C=O) groups is 1. The van der Waals surface area contributed by atoms with E-state index >= 15 is 0 Å². The van der Waals surface area contributed by atoms with E-state index in [2.05, 4.69) is 4.98 Å². The molecule has 1 heterocycles. The molecule has 0 saturated heterocycles. The van der Waals surface area contributed by atoms with E-state index in [0.717, 1.165) is 4.90 Å². The first-order chi connectivity index (χ1) is 9.06. The minimum atomic E-state index is -1.06. The molecule has 3 nitrogen and oxygen atoms in total. The zero-order valence-corrected chi connectivity index (χ0v) is 11.2. The van der Waals surface area contributed by atoms with Crippen LogP contribution in [0.25, 0.3) is 0 Å². The molecule has 1 aromatic heterocycles. The SMILES string of the molecule is O=C(O)c1cccc(CSc2ccc(F)c(Cl)c2)n1. The zero-order valence-electron chi connectivity index (χ0n) is 9.64. The molecule has 6 heteroatoms. The fourth-order valence-corrected chi connectivity index (χ4v) is 2.49. The van der Waals surface area contributed by atoms with Crippen molar-refractivity contribution < 1.29 is 14.3 Å². The van der Waals surface area contributed by atoms with Crippen LogP contribution in [0, 0.1) is 5.82 Å². The summed E-state index contributed by atoms with van der Waals surface area (Å²) in [7, 11) is 0. The van der Waals surface area contributed by atoms with Crippen LogP contribution >= 0.6 is 23.4 Å². The van der Waals surface area contributed by atoms with E-state index in [1.165, 1.54) is 30.0 Å². The van der Waals surface area contributed by atoms with Crippen LogP contribution in [0.2, 0.25) is 5.02 Å². The number of benzene rings is 1. The van der Waals surface area contributed by atoms with E-state index in [-0.39, 0.29) is 10.7 Å². The lowest BCUT2D eigenvalue weighted by Crippen LogP contribution is -2.01. The van der Waals surface area contributed by atoms with E-state index in [1.807, 2.05) is 0 Å². The number of rotatable bonds is 4. The Kier molecular flexibility index (Phi) is 4.39. The summed E-state index contributed by atoms with van der Waals surface area (Å²) in [5.41, 5.74) is 0.653. The predicted octanol–water partition coefficient (Wildman–Crippen LogP) is 3.86. The van der Waals surface area contributed by atoms with Gasteiger partial charge in [0.1, 0.15) is 11.5 Å². The Bertz CT molecular complexity index is 621. The van der Waals surface area contributed by atoms with Crippen molar-refractivity contribution in [3.63, 3.8) is 0 Å². The first-order valence-corrected chi connectivity index (χ1v) is 6.69. The molecule has 0 amide bonds. The van der Waals surface area contributed by atoms with E-state index in [1.54, 1.807) is 18.2 Å². The molecule has 1 N–H and O–H groups in total. The predicted molar refractivity (Wildman–Crippen MR) is 72.2 cm³/mol. The van der Waals surface area contributed by atoms with Crippen LogP contribution in [0.4, 0.5) is 4.39 Å². The molecule has 1 aromatic carbocycles. The van der Waals surface area contributed by atoms with Crippen LogP contribution in [0.1, 0.15) is 16.2 Å². The van der Waals surface area contributed by atoms with Crippen LogP contribution in [0.5, 0.6) is 0 Å². The highest BCUT2D eigenvalue weighted by atomic mass is 35.5. The molecule has 0 atom stereocenters. The molecule has 0 unspecified atom stereocenters. The van der Waals surface area contributed by atoms with E-state index < -0.39 is 11.8 Å². The maximum Gasteiger partial charge on any atom is 0.354 e. The molecule has 2 aromatic rings. The first-order valence-electron chi connectivity index (χ1n) is 5.33. The number of halogens is 2. The number of pyridine rings is 1. The first kappa shape index (κ1) is 13.8. The molecule has 0 radical (unpaired) electrons. The lowest BCUT2D eigenvalue weighted by Gasteiger charge is -2.03. The maximum atomic E-state index is 13.0. The second kappa shape index (κ2) is 6.04. The van der Waals surface area contributed by atoms with Gasteiger partial charge in [-0.1, -0.05) is 17.7 Å². The number of thioether (sulfide) groups is 1.